The number of hydrogen-bond donors (Lipinski definition) is 6. The van der Waals surface area contributed by atoms with Gasteiger partial charge in [0.1, 0.15) is 46.7 Å². The molecule has 16 heteroatoms. The SMILES string of the molecule is CCCC(NC(=O)Cc1cccc(Oc2ccccc2)c1)C(=O)Nc1cncc(NC(C)C)n1.CCCC(NC(=O)Cc1cccc(Oc2ccccc2)c1)C(=O)Nc1cncc(NCC)n1. The molecule has 0 saturated heterocycles. The molecule has 6 N–H and O–H groups in total. The fraction of sp³-hybridized carbons (Fsp3) is 0.294. The van der Waals surface area contributed by atoms with Crippen LogP contribution in [0.2, 0.25) is 0 Å². The Morgan fingerprint density at radius 3 is 1.37 bits per heavy atom. The topological polar surface area (TPSA) is 210 Å². The van der Waals surface area contributed by atoms with Crippen LogP contribution in [-0.4, -0.2) is 68.2 Å². The van der Waals surface area contributed by atoms with E-state index in [2.05, 4.69) is 51.8 Å². The molecule has 0 bridgehead atoms. The number of amides is 4. The van der Waals surface area contributed by atoms with Gasteiger partial charge in [0.2, 0.25) is 23.6 Å². The third-order valence-electron chi connectivity index (χ3n) is 9.51. The van der Waals surface area contributed by atoms with Crippen molar-refractivity contribution in [3.8, 4) is 23.0 Å². The molecule has 6 rings (SSSR count). The number of carbonyl (C=O) groups excluding carboxylic acids is 4. The summed E-state index contributed by atoms with van der Waals surface area (Å²) >= 11 is 0. The van der Waals surface area contributed by atoms with Crippen LogP contribution >= 0.6 is 0 Å². The van der Waals surface area contributed by atoms with Gasteiger partial charge in [0, 0.05) is 12.6 Å². The Morgan fingerprint density at radius 1 is 0.522 bits per heavy atom. The van der Waals surface area contributed by atoms with Crippen molar-refractivity contribution in [2.75, 3.05) is 27.8 Å². The van der Waals surface area contributed by atoms with Crippen LogP contribution in [-0.2, 0) is 32.0 Å². The molecule has 2 atom stereocenters. The van der Waals surface area contributed by atoms with Gasteiger partial charge < -0.3 is 41.4 Å². The van der Waals surface area contributed by atoms with Crippen molar-refractivity contribution in [1.29, 1.82) is 0 Å². The third-order valence-corrected chi connectivity index (χ3v) is 9.51. The molecule has 16 nitrogen and oxygen atoms in total. The zero-order valence-corrected chi connectivity index (χ0v) is 38.6. The minimum absolute atomic E-state index is 0.132. The maximum absolute atomic E-state index is 12.8. The minimum Gasteiger partial charge on any atom is -0.457 e. The van der Waals surface area contributed by atoms with E-state index < -0.39 is 12.1 Å². The second-order valence-electron chi connectivity index (χ2n) is 15.7. The van der Waals surface area contributed by atoms with Gasteiger partial charge in [0.25, 0.3) is 0 Å². The van der Waals surface area contributed by atoms with Gasteiger partial charge in [0.05, 0.1) is 37.6 Å². The van der Waals surface area contributed by atoms with Gasteiger partial charge in [-0.25, -0.2) is 9.97 Å². The summed E-state index contributed by atoms with van der Waals surface area (Å²) in [5.74, 6) is 3.41. The van der Waals surface area contributed by atoms with Crippen molar-refractivity contribution in [2.45, 2.75) is 91.3 Å². The summed E-state index contributed by atoms with van der Waals surface area (Å²) in [6.45, 7) is 10.5. The predicted octanol–water partition coefficient (Wildman–Crippen LogP) is 8.72. The Hall–Kier alpha value is -7.88. The van der Waals surface area contributed by atoms with Gasteiger partial charge in [-0.3, -0.25) is 29.1 Å². The number of aromatic nitrogens is 4. The van der Waals surface area contributed by atoms with Gasteiger partial charge in [-0.15, -0.1) is 0 Å². The van der Waals surface area contributed by atoms with E-state index >= 15 is 0 Å². The Labute approximate surface area is 392 Å². The Kier molecular flexibility index (Phi) is 20.0. The first-order chi connectivity index (χ1) is 32.5. The molecule has 2 aromatic heterocycles. The molecule has 0 aliphatic rings. The van der Waals surface area contributed by atoms with Gasteiger partial charge >= 0.3 is 0 Å². The fourth-order valence-electron chi connectivity index (χ4n) is 6.57. The van der Waals surface area contributed by atoms with E-state index in [1.54, 1.807) is 12.4 Å². The van der Waals surface area contributed by atoms with Crippen molar-refractivity contribution in [2.24, 2.45) is 0 Å². The second kappa shape index (κ2) is 26.8. The molecular weight excluding hydrogens is 849 g/mol. The maximum atomic E-state index is 12.8. The zero-order chi connectivity index (χ0) is 47.8. The highest BCUT2D eigenvalue weighted by molar-refractivity contribution is 5.97. The molecule has 6 aromatic rings. The Balaban J connectivity index is 0.000000251. The lowest BCUT2D eigenvalue weighted by molar-refractivity contribution is -0.126. The molecule has 2 unspecified atom stereocenters. The first kappa shape index (κ1) is 50.1. The van der Waals surface area contributed by atoms with E-state index in [9.17, 15) is 19.2 Å². The normalized spacial score (nSPS) is 11.4. The van der Waals surface area contributed by atoms with Crippen LogP contribution in [0.4, 0.5) is 23.3 Å². The summed E-state index contributed by atoms with van der Waals surface area (Å²) in [6.07, 6.45) is 8.88. The molecule has 4 aromatic carbocycles. The van der Waals surface area contributed by atoms with Crippen molar-refractivity contribution < 1.29 is 28.7 Å². The van der Waals surface area contributed by atoms with Gasteiger partial charge in [0.15, 0.2) is 11.6 Å². The highest BCUT2D eigenvalue weighted by atomic mass is 16.5. The van der Waals surface area contributed by atoms with Crippen molar-refractivity contribution >= 4 is 46.9 Å². The molecule has 4 amide bonds. The zero-order valence-electron chi connectivity index (χ0n) is 38.6. The molecule has 67 heavy (non-hydrogen) atoms. The summed E-state index contributed by atoms with van der Waals surface area (Å²) in [5, 5.41) is 17.4. The lowest BCUT2D eigenvalue weighted by Crippen LogP contribution is -2.44. The molecule has 0 fully saturated rings. The van der Waals surface area contributed by atoms with Gasteiger partial charge in [-0.05, 0) is 93.3 Å². The summed E-state index contributed by atoms with van der Waals surface area (Å²) < 4.78 is 11.7. The number of ether oxygens (including phenoxy) is 2. The minimum atomic E-state index is -0.676. The first-order valence-corrected chi connectivity index (χ1v) is 22.5. The molecule has 0 aliphatic heterocycles. The predicted molar refractivity (Wildman–Crippen MR) is 261 cm³/mol. The summed E-state index contributed by atoms with van der Waals surface area (Å²) in [5.41, 5.74) is 1.58. The highest BCUT2D eigenvalue weighted by Crippen LogP contribution is 2.24. The molecular formula is C51H60N10O6. The van der Waals surface area contributed by atoms with E-state index in [4.69, 9.17) is 9.47 Å². The average Bonchev–Trinajstić information content (AvgIpc) is 3.30. The lowest BCUT2D eigenvalue weighted by Gasteiger charge is -2.18. The molecule has 0 saturated carbocycles. The fourth-order valence-corrected chi connectivity index (χ4v) is 6.57. The van der Waals surface area contributed by atoms with Crippen LogP contribution in [0.5, 0.6) is 23.0 Å². The lowest BCUT2D eigenvalue weighted by atomic mass is 10.1. The number of anilines is 4. The number of nitrogens with zero attached hydrogens (tertiary/aromatic N) is 4. The van der Waals surface area contributed by atoms with Crippen molar-refractivity contribution in [1.82, 2.24) is 30.6 Å². The quantitative estimate of drug-likeness (QED) is 0.0378. The maximum Gasteiger partial charge on any atom is 0.248 e. The second-order valence-corrected chi connectivity index (χ2v) is 15.7. The van der Waals surface area contributed by atoms with E-state index in [0.717, 1.165) is 35.5 Å². The highest BCUT2D eigenvalue weighted by Gasteiger charge is 2.22. The summed E-state index contributed by atoms with van der Waals surface area (Å²) in [6, 6.07) is 32.4. The molecule has 350 valence electrons. The van der Waals surface area contributed by atoms with Crippen molar-refractivity contribution in [3.05, 3.63) is 145 Å². The molecule has 2 heterocycles. The molecule has 0 aliphatic carbocycles. The number of nitrogens with one attached hydrogen (secondary N) is 6. The van der Waals surface area contributed by atoms with E-state index in [1.165, 1.54) is 12.4 Å². The number of benzene rings is 4. The van der Waals surface area contributed by atoms with E-state index in [-0.39, 0.29) is 42.5 Å². The summed E-state index contributed by atoms with van der Waals surface area (Å²) in [7, 11) is 0. The van der Waals surface area contributed by atoms with Crippen LogP contribution in [0.3, 0.4) is 0 Å². The average molecular weight is 909 g/mol. The van der Waals surface area contributed by atoms with Crippen LogP contribution in [0.25, 0.3) is 0 Å². The number of para-hydroxylation sites is 2. The summed E-state index contributed by atoms with van der Waals surface area (Å²) in [4.78, 5) is 67.9. The smallest absolute Gasteiger partial charge is 0.248 e. The monoisotopic (exact) mass is 908 g/mol. The third kappa shape index (κ3) is 17.9. The van der Waals surface area contributed by atoms with Gasteiger partial charge in [-0.2, -0.15) is 0 Å². The van der Waals surface area contributed by atoms with Crippen LogP contribution in [0.15, 0.2) is 134 Å². The van der Waals surface area contributed by atoms with Crippen LogP contribution in [0, 0.1) is 0 Å². The van der Waals surface area contributed by atoms with Crippen LogP contribution in [0.1, 0.15) is 71.4 Å². The number of carbonyl (C=O) groups is 4. The molecule has 0 radical (unpaired) electrons. The van der Waals surface area contributed by atoms with Crippen LogP contribution < -0.4 is 41.4 Å². The number of hydrogen-bond acceptors (Lipinski definition) is 12. The standard InChI is InChI=1S/C26H31N5O3.C25H29N5O3/c1-4-9-22(26(33)31-24-17-27-16-23(30-24)28-18(2)3)29-25(32)15-19-10-8-13-21(14-19)34-20-11-6-5-7-12-20;1-3-9-21(25(32)30-23-17-26-16-22(29-23)27-4-2)28-24(31)15-18-10-8-13-20(14-18)33-19-11-6-5-7-12-19/h5-8,10-14,16-18,22H,4,9,15H2,1-3H3,(H,29,32)(H2,28,30,31,33);5-8,10-14,16-17,21H,3-4,9,15H2,1-2H3,(H,28,31)(H2,27,29,30,32). The number of rotatable bonds is 22. The van der Waals surface area contributed by atoms with Gasteiger partial charge in [-0.1, -0.05) is 87.4 Å². The Morgan fingerprint density at radius 2 is 0.940 bits per heavy atom. The van der Waals surface area contributed by atoms with E-state index in [0.29, 0.717) is 54.2 Å². The Bertz CT molecular complexity index is 2490. The molecule has 0 spiro atoms. The first-order valence-electron chi connectivity index (χ1n) is 22.5. The largest absolute Gasteiger partial charge is 0.457 e. The van der Waals surface area contributed by atoms with E-state index in [1.807, 2.05) is 144 Å². The van der Waals surface area contributed by atoms with Crippen molar-refractivity contribution in [3.63, 3.8) is 0 Å².